The first kappa shape index (κ1) is 16.3. The topological polar surface area (TPSA) is 101 Å². The summed E-state index contributed by atoms with van der Waals surface area (Å²) in [7, 11) is 0. The van der Waals surface area contributed by atoms with Crippen molar-refractivity contribution in [3.05, 3.63) is 88.4 Å². The van der Waals surface area contributed by atoms with Gasteiger partial charge in [0, 0.05) is 5.39 Å². The van der Waals surface area contributed by atoms with E-state index in [4.69, 9.17) is 4.42 Å². The van der Waals surface area contributed by atoms with E-state index in [1.54, 1.807) is 36.4 Å². The van der Waals surface area contributed by atoms with Crippen LogP contribution in [0.5, 0.6) is 0 Å². The van der Waals surface area contributed by atoms with Gasteiger partial charge in [-0.05, 0) is 24.3 Å². The van der Waals surface area contributed by atoms with E-state index in [1.165, 1.54) is 16.9 Å². The molecular formula is C20H12N4O3. The number of fused-ring (bicyclic) bond motifs is 1. The third-order valence-corrected chi connectivity index (χ3v) is 4.01. The van der Waals surface area contributed by atoms with Gasteiger partial charge in [-0.15, -0.1) is 0 Å². The number of amides is 1. The van der Waals surface area contributed by atoms with Crippen molar-refractivity contribution < 1.29 is 9.21 Å². The molecule has 7 nitrogen and oxygen atoms in total. The van der Waals surface area contributed by atoms with E-state index in [2.05, 4.69) is 10.4 Å². The monoisotopic (exact) mass is 356 g/mol. The van der Waals surface area contributed by atoms with Crippen molar-refractivity contribution in [3.63, 3.8) is 0 Å². The van der Waals surface area contributed by atoms with E-state index in [-0.39, 0.29) is 16.9 Å². The number of anilines is 1. The van der Waals surface area contributed by atoms with Gasteiger partial charge in [-0.1, -0.05) is 36.4 Å². The zero-order valence-corrected chi connectivity index (χ0v) is 13.9. The van der Waals surface area contributed by atoms with Crippen LogP contribution in [-0.2, 0) is 0 Å². The van der Waals surface area contributed by atoms with Gasteiger partial charge >= 0.3 is 5.63 Å². The number of aromatic nitrogens is 2. The van der Waals surface area contributed by atoms with Crippen LogP contribution in [0, 0.1) is 11.3 Å². The fraction of sp³-hybridized carbons (Fsp3) is 0. The third-order valence-electron chi connectivity index (χ3n) is 4.01. The zero-order chi connectivity index (χ0) is 18.8. The third kappa shape index (κ3) is 2.96. The maximum atomic E-state index is 12.7. The Morgan fingerprint density at radius 2 is 1.85 bits per heavy atom. The molecule has 0 radical (unpaired) electrons. The van der Waals surface area contributed by atoms with Gasteiger partial charge in [0.15, 0.2) is 5.82 Å². The van der Waals surface area contributed by atoms with E-state index in [0.717, 1.165) is 0 Å². The first-order valence-corrected chi connectivity index (χ1v) is 8.05. The molecule has 0 fully saturated rings. The molecule has 0 aliphatic rings. The van der Waals surface area contributed by atoms with Crippen molar-refractivity contribution in [2.24, 2.45) is 0 Å². The normalized spacial score (nSPS) is 10.5. The Morgan fingerprint density at radius 1 is 1.11 bits per heavy atom. The number of carbonyl (C=O) groups is 1. The number of benzene rings is 2. The van der Waals surface area contributed by atoms with Crippen molar-refractivity contribution in [2.75, 3.05) is 5.32 Å². The van der Waals surface area contributed by atoms with E-state index >= 15 is 0 Å². The molecule has 0 aliphatic heterocycles. The number of nitrogens with one attached hydrogen (secondary N) is 1. The summed E-state index contributed by atoms with van der Waals surface area (Å²) in [6.45, 7) is 0. The minimum atomic E-state index is -0.754. The Hall–Kier alpha value is -4.18. The van der Waals surface area contributed by atoms with E-state index in [9.17, 15) is 14.9 Å². The highest BCUT2D eigenvalue weighted by molar-refractivity contribution is 6.05. The molecule has 7 heteroatoms. The second kappa shape index (κ2) is 6.61. The van der Waals surface area contributed by atoms with E-state index in [1.807, 2.05) is 24.3 Å². The van der Waals surface area contributed by atoms with Crippen molar-refractivity contribution in [3.8, 4) is 11.8 Å². The quantitative estimate of drug-likeness (QED) is 0.568. The van der Waals surface area contributed by atoms with Crippen LogP contribution in [0.4, 0.5) is 5.82 Å². The van der Waals surface area contributed by atoms with Crippen molar-refractivity contribution in [1.29, 1.82) is 5.26 Å². The van der Waals surface area contributed by atoms with Gasteiger partial charge in [-0.25, -0.2) is 9.48 Å². The predicted octanol–water partition coefficient (Wildman–Crippen LogP) is 3.10. The maximum absolute atomic E-state index is 12.7. The lowest BCUT2D eigenvalue weighted by Crippen LogP contribution is -2.22. The number of hydrogen-bond acceptors (Lipinski definition) is 5. The molecule has 2 heterocycles. The highest BCUT2D eigenvalue weighted by Crippen LogP contribution is 2.20. The molecule has 2 aromatic carbocycles. The summed E-state index contributed by atoms with van der Waals surface area (Å²) in [6.07, 6.45) is 1.35. The molecule has 1 N–H and O–H groups in total. The van der Waals surface area contributed by atoms with Crippen LogP contribution in [0.1, 0.15) is 15.9 Å². The second-order valence-electron chi connectivity index (χ2n) is 5.71. The zero-order valence-electron chi connectivity index (χ0n) is 13.9. The van der Waals surface area contributed by atoms with Gasteiger partial charge in [0.2, 0.25) is 0 Å². The summed E-state index contributed by atoms with van der Waals surface area (Å²) in [5.74, 6) is -0.495. The molecule has 4 rings (SSSR count). The number of hydrogen-bond donors (Lipinski definition) is 1. The Bertz CT molecular complexity index is 1250. The lowest BCUT2D eigenvalue weighted by atomic mass is 10.2. The highest BCUT2D eigenvalue weighted by Gasteiger charge is 2.19. The number of nitrogens with zero attached hydrogens (tertiary/aromatic N) is 3. The van der Waals surface area contributed by atoms with Crippen LogP contribution in [-0.4, -0.2) is 15.7 Å². The Kier molecular flexibility index (Phi) is 3.99. The number of para-hydroxylation sites is 2. The summed E-state index contributed by atoms with van der Waals surface area (Å²) < 4.78 is 6.63. The second-order valence-corrected chi connectivity index (χ2v) is 5.71. The van der Waals surface area contributed by atoms with Crippen LogP contribution >= 0.6 is 0 Å². The fourth-order valence-corrected chi connectivity index (χ4v) is 2.71. The Labute approximate surface area is 153 Å². The molecule has 130 valence electrons. The lowest BCUT2D eigenvalue weighted by molar-refractivity contribution is 0.102. The van der Waals surface area contributed by atoms with E-state index < -0.39 is 11.5 Å². The van der Waals surface area contributed by atoms with Crippen LogP contribution < -0.4 is 10.9 Å². The summed E-state index contributed by atoms with van der Waals surface area (Å²) in [5.41, 5.74) is 0.331. The standard InChI is InChI=1S/C20H12N4O3/c21-11-14-12-22-24(15-7-2-1-3-8-15)18(14)23-19(25)16-10-13-6-4-5-9-17(13)27-20(16)26/h1-10,12H,(H,23,25). The van der Waals surface area contributed by atoms with Gasteiger partial charge in [0.1, 0.15) is 22.8 Å². The van der Waals surface area contributed by atoms with Crippen LogP contribution in [0.2, 0.25) is 0 Å². The average Bonchev–Trinajstić information content (AvgIpc) is 3.10. The van der Waals surface area contributed by atoms with Crippen molar-refractivity contribution >= 4 is 22.7 Å². The molecule has 0 saturated carbocycles. The SMILES string of the molecule is N#Cc1cnn(-c2ccccc2)c1NC(=O)c1cc2ccccc2oc1=O. The first-order valence-electron chi connectivity index (χ1n) is 8.05. The van der Waals surface area contributed by atoms with Crippen LogP contribution in [0.3, 0.4) is 0 Å². The molecule has 0 saturated heterocycles. The van der Waals surface area contributed by atoms with Gasteiger partial charge in [0.05, 0.1) is 11.9 Å². The molecular weight excluding hydrogens is 344 g/mol. The summed E-state index contributed by atoms with van der Waals surface area (Å²) in [6, 6.07) is 19.4. The minimum Gasteiger partial charge on any atom is -0.422 e. The van der Waals surface area contributed by atoms with Crippen LogP contribution in [0.25, 0.3) is 16.7 Å². The average molecular weight is 356 g/mol. The molecule has 0 aliphatic carbocycles. The molecule has 0 atom stereocenters. The lowest BCUT2D eigenvalue weighted by Gasteiger charge is -2.09. The van der Waals surface area contributed by atoms with Crippen LogP contribution in [0.15, 0.2) is 76.1 Å². The molecule has 27 heavy (non-hydrogen) atoms. The predicted molar refractivity (Wildman–Crippen MR) is 98.7 cm³/mol. The maximum Gasteiger partial charge on any atom is 0.349 e. The molecule has 0 unspecified atom stereocenters. The Balaban J connectivity index is 1.76. The molecule has 4 aromatic rings. The molecule has 1 amide bonds. The largest absolute Gasteiger partial charge is 0.422 e. The van der Waals surface area contributed by atoms with Gasteiger partial charge in [-0.2, -0.15) is 10.4 Å². The van der Waals surface area contributed by atoms with Crippen molar-refractivity contribution in [2.45, 2.75) is 0 Å². The number of rotatable bonds is 3. The summed E-state index contributed by atoms with van der Waals surface area (Å²) in [4.78, 5) is 24.9. The smallest absolute Gasteiger partial charge is 0.349 e. The summed E-state index contributed by atoms with van der Waals surface area (Å²) in [5, 5.41) is 16.7. The van der Waals surface area contributed by atoms with Gasteiger partial charge < -0.3 is 9.73 Å². The Morgan fingerprint density at radius 3 is 2.63 bits per heavy atom. The molecule has 2 aromatic heterocycles. The first-order chi connectivity index (χ1) is 13.2. The fourth-order valence-electron chi connectivity index (χ4n) is 2.71. The van der Waals surface area contributed by atoms with Crippen molar-refractivity contribution in [1.82, 2.24) is 9.78 Å². The molecule has 0 spiro atoms. The van der Waals surface area contributed by atoms with Gasteiger partial charge in [0.25, 0.3) is 5.91 Å². The number of carbonyl (C=O) groups excluding carboxylic acids is 1. The highest BCUT2D eigenvalue weighted by atomic mass is 16.4. The number of nitriles is 1. The molecule has 0 bridgehead atoms. The van der Waals surface area contributed by atoms with Gasteiger partial charge in [-0.3, -0.25) is 4.79 Å². The summed E-state index contributed by atoms with van der Waals surface area (Å²) >= 11 is 0. The van der Waals surface area contributed by atoms with E-state index in [0.29, 0.717) is 16.7 Å². The minimum absolute atomic E-state index is 0.154.